The number of aliphatic hydroxyl groups excluding tert-OH is 1. The van der Waals surface area contributed by atoms with Gasteiger partial charge in [0.1, 0.15) is 0 Å². The van der Waals surface area contributed by atoms with E-state index in [1.165, 1.54) is 12.8 Å². The van der Waals surface area contributed by atoms with E-state index in [9.17, 15) is 5.11 Å². The molecule has 1 saturated heterocycles. The summed E-state index contributed by atoms with van der Waals surface area (Å²) >= 11 is 0. The van der Waals surface area contributed by atoms with Crippen LogP contribution >= 0.6 is 0 Å². The molecule has 1 aromatic carbocycles. The summed E-state index contributed by atoms with van der Waals surface area (Å²) in [6.45, 7) is 3.81. The van der Waals surface area contributed by atoms with E-state index in [1.54, 1.807) is 13.0 Å². The first kappa shape index (κ1) is 11.0. The molecule has 0 saturated carbocycles. The molecule has 1 aliphatic heterocycles. The molecule has 1 aliphatic rings. The summed E-state index contributed by atoms with van der Waals surface area (Å²) < 4.78 is 0. The monoisotopic (exact) mass is 216 g/mol. The van der Waals surface area contributed by atoms with Crippen LogP contribution in [0.2, 0.25) is 0 Å². The molecule has 1 atom stereocenters. The first-order valence-corrected chi connectivity index (χ1v) is 5.69. The van der Waals surface area contributed by atoms with E-state index in [-0.39, 0.29) is 0 Å². The van der Waals surface area contributed by atoms with Gasteiger partial charge >= 0.3 is 0 Å². The largest absolute Gasteiger partial charge is 0.389 e. The van der Waals surface area contributed by atoms with Gasteiger partial charge in [-0.25, -0.2) is 0 Å². The van der Waals surface area contributed by atoms with Gasteiger partial charge in [0.25, 0.3) is 0 Å². The fourth-order valence-corrected chi connectivity index (χ4v) is 2.20. The molecule has 0 spiro atoms. The van der Waals surface area contributed by atoms with E-state index in [4.69, 9.17) is 5.26 Å². The van der Waals surface area contributed by atoms with Gasteiger partial charge in [0.2, 0.25) is 0 Å². The van der Waals surface area contributed by atoms with Crippen molar-refractivity contribution in [2.75, 3.05) is 18.0 Å². The fourth-order valence-electron chi connectivity index (χ4n) is 2.20. The molecule has 0 amide bonds. The van der Waals surface area contributed by atoms with E-state index in [1.807, 2.05) is 12.1 Å². The number of rotatable bonds is 2. The number of aliphatic hydroxyl groups is 1. The standard InChI is InChI=1S/C13H16N2O/c1-10(16)12-5-4-11(9-14)8-13(12)15-6-2-3-7-15/h4-5,8,10,16H,2-3,6-7H2,1H3/t10-/m1/s1. The minimum Gasteiger partial charge on any atom is -0.389 e. The van der Waals surface area contributed by atoms with Crippen molar-refractivity contribution < 1.29 is 5.11 Å². The van der Waals surface area contributed by atoms with Gasteiger partial charge in [-0.05, 0) is 31.9 Å². The third kappa shape index (κ3) is 2.02. The second kappa shape index (κ2) is 4.54. The molecule has 3 nitrogen and oxygen atoms in total. The van der Waals surface area contributed by atoms with E-state index >= 15 is 0 Å². The molecule has 0 aromatic heterocycles. The summed E-state index contributed by atoms with van der Waals surface area (Å²) in [5.41, 5.74) is 2.60. The van der Waals surface area contributed by atoms with E-state index in [0.29, 0.717) is 5.56 Å². The van der Waals surface area contributed by atoms with Crippen molar-refractivity contribution in [2.45, 2.75) is 25.9 Å². The second-order valence-electron chi connectivity index (χ2n) is 4.26. The first-order chi connectivity index (χ1) is 7.72. The molecule has 1 N–H and O–H groups in total. The van der Waals surface area contributed by atoms with Crippen molar-refractivity contribution in [3.05, 3.63) is 29.3 Å². The molecule has 0 radical (unpaired) electrons. The molecule has 0 unspecified atom stereocenters. The van der Waals surface area contributed by atoms with E-state index in [0.717, 1.165) is 24.3 Å². The zero-order valence-electron chi connectivity index (χ0n) is 9.48. The molecule has 3 heteroatoms. The molecule has 0 bridgehead atoms. The molecular weight excluding hydrogens is 200 g/mol. The van der Waals surface area contributed by atoms with Crippen LogP contribution < -0.4 is 4.90 Å². The molecule has 1 fully saturated rings. The highest BCUT2D eigenvalue weighted by Crippen LogP contribution is 2.29. The quantitative estimate of drug-likeness (QED) is 0.824. The lowest BCUT2D eigenvalue weighted by Crippen LogP contribution is -2.20. The summed E-state index contributed by atoms with van der Waals surface area (Å²) in [5, 5.41) is 18.6. The predicted octanol–water partition coefficient (Wildman–Crippen LogP) is 2.21. The second-order valence-corrected chi connectivity index (χ2v) is 4.26. The minimum atomic E-state index is -0.483. The number of benzene rings is 1. The Hall–Kier alpha value is -1.53. The van der Waals surface area contributed by atoms with E-state index < -0.39 is 6.10 Å². The van der Waals surface area contributed by atoms with Gasteiger partial charge in [0, 0.05) is 24.3 Å². The minimum absolute atomic E-state index is 0.483. The van der Waals surface area contributed by atoms with Crippen molar-refractivity contribution in [1.82, 2.24) is 0 Å². The van der Waals surface area contributed by atoms with Crippen molar-refractivity contribution in [3.8, 4) is 6.07 Å². The third-order valence-electron chi connectivity index (χ3n) is 3.06. The normalized spacial score (nSPS) is 17.2. The van der Waals surface area contributed by atoms with Crippen molar-refractivity contribution in [2.24, 2.45) is 0 Å². The van der Waals surface area contributed by atoms with Crippen molar-refractivity contribution in [3.63, 3.8) is 0 Å². The SMILES string of the molecule is C[C@@H](O)c1ccc(C#N)cc1N1CCCC1. The number of hydrogen-bond acceptors (Lipinski definition) is 3. The summed E-state index contributed by atoms with van der Waals surface area (Å²) in [4.78, 5) is 2.25. The van der Waals surface area contributed by atoms with Crippen LogP contribution in [0.25, 0.3) is 0 Å². The Balaban J connectivity index is 2.42. The Bertz CT molecular complexity index is 414. The number of nitriles is 1. The number of hydrogen-bond donors (Lipinski definition) is 1. The Morgan fingerprint density at radius 2 is 2.06 bits per heavy atom. The number of anilines is 1. The van der Waals surface area contributed by atoms with Crippen LogP contribution in [-0.4, -0.2) is 18.2 Å². The van der Waals surface area contributed by atoms with Crippen LogP contribution in [0.1, 0.15) is 37.0 Å². The molecular formula is C13H16N2O. The summed E-state index contributed by atoms with van der Waals surface area (Å²) in [6, 6.07) is 7.65. The average Bonchev–Trinajstić information content (AvgIpc) is 2.81. The van der Waals surface area contributed by atoms with E-state index in [2.05, 4.69) is 11.0 Å². The molecule has 0 aliphatic carbocycles. The maximum Gasteiger partial charge on any atom is 0.0992 e. The van der Waals surface area contributed by atoms with Gasteiger partial charge in [0.05, 0.1) is 17.7 Å². The van der Waals surface area contributed by atoms with Crippen LogP contribution in [0, 0.1) is 11.3 Å². The van der Waals surface area contributed by atoms with Gasteiger partial charge in [-0.3, -0.25) is 0 Å². The molecule has 1 aromatic rings. The van der Waals surface area contributed by atoms with Crippen molar-refractivity contribution in [1.29, 1.82) is 5.26 Å². The lowest BCUT2D eigenvalue weighted by Gasteiger charge is -2.22. The molecule has 2 rings (SSSR count). The highest BCUT2D eigenvalue weighted by atomic mass is 16.3. The van der Waals surface area contributed by atoms with Crippen LogP contribution in [0.3, 0.4) is 0 Å². The Labute approximate surface area is 95.9 Å². The van der Waals surface area contributed by atoms with Crippen LogP contribution in [0.15, 0.2) is 18.2 Å². The predicted molar refractivity (Wildman–Crippen MR) is 63.2 cm³/mol. The van der Waals surface area contributed by atoms with Gasteiger partial charge in [-0.2, -0.15) is 5.26 Å². The third-order valence-corrected chi connectivity index (χ3v) is 3.06. The van der Waals surface area contributed by atoms with Crippen LogP contribution in [0.5, 0.6) is 0 Å². The highest BCUT2D eigenvalue weighted by molar-refractivity contribution is 5.59. The summed E-state index contributed by atoms with van der Waals surface area (Å²) in [7, 11) is 0. The maximum atomic E-state index is 9.72. The Morgan fingerprint density at radius 3 is 2.62 bits per heavy atom. The molecule has 1 heterocycles. The molecule has 84 valence electrons. The number of nitrogens with zero attached hydrogens (tertiary/aromatic N) is 2. The molecule has 16 heavy (non-hydrogen) atoms. The summed E-state index contributed by atoms with van der Waals surface area (Å²) in [5.74, 6) is 0. The zero-order chi connectivity index (χ0) is 11.5. The van der Waals surface area contributed by atoms with Gasteiger partial charge in [-0.1, -0.05) is 6.07 Å². The van der Waals surface area contributed by atoms with Gasteiger partial charge < -0.3 is 10.0 Å². The van der Waals surface area contributed by atoms with Gasteiger partial charge in [-0.15, -0.1) is 0 Å². The smallest absolute Gasteiger partial charge is 0.0992 e. The fraction of sp³-hybridized carbons (Fsp3) is 0.462. The van der Waals surface area contributed by atoms with Crippen molar-refractivity contribution >= 4 is 5.69 Å². The first-order valence-electron chi connectivity index (χ1n) is 5.69. The van der Waals surface area contributed by atoms with Crippen LogP contribution in [-0.2, 0) is 0 Å². The maximum absolute atomic E-state index is 9.72. The van der Waals surface area contributed by atoms with Crippen LogP contribution in [0.4, 0.5) is 5.69 Å². The Morgan fingerprint density at radius 1 is 1.38 bits per heavy atom. The lowest BCUT2D eigenvalue weighted by atomic mass is 10.0. The summed E-state index contributed by atoms with van der Waals surface area (Å²) in [6.07, 6.45) is 1.90. The topological polar surface area (TPSA) is 47.3 Å². The average molecular weight is 216 g/mol. The van der Waals surface area contributed by atoms with Gasteiger partial charge in [0.15, 0.2) is 0 Å². The zero-order valence-corrected chi connectivity index (χ0v) is 9.48. The lowest BCUT2D eigenvalue weighted by molar-refractivity contribution is 0.199. The highest BCUT2D eigenvalue weighted by Gasteiger charge is 2.18. The Kier molecular flexibility index (Phi) is 3.12.